The van der Waals surface area contributed by atoms with E-state index in [0.717, 1.165) is 10.1 Å². The Kier molecular flexibility index (Phi) is 3.15. The first kappa shape index (κ1) is 13.6. The fourth-order valence-corrected chi connectivity index (χ4v) is 2.30. The number of aromatic amines is 1. The van der Waals surface area contributed by atoms with Gasteiger partial charge in [0, 0.05) is 23.3 Å². The normalized spacial score (nSPS) is 13.7. The molecule has 0 unspecified atom stereocenters. The lowest BCUT2D eigenvalue weighted by Crippen LogP contribution is -2.26. The molecule has 0 radical (unpaired) electrons. The second-order valence-electron chi connectivity index (χ2n) is 4.64. The van der Waals surface area contributed by atoms with E-state index in [-0.39, 0.29) is 6.42 Å². The number of hydrogen-bond acceptors (Lipinski definition) is 3. The Balaban J connectivity index is 2.04. The zero-order chi connectivity index (χ0) is 15.0. The molecule has 8 heteroatoms. The Hall–Kier alpha value is -2.38. The van der Waals surface area contributed by atoms with Crippen LogP contribution in [0.5, 0.6) is 0 Å². The van der Waals surface area contributed by atoms with Gasteiger partial charge in [0.05, 0.1) is 11.9 Å². The van der Waals surface area contributed by atoms with Gasteiger partial charge in [-0.25, -0.2) is 9.97 Å². The summed E-state index contributed by atoms with van der Waals surface area (Å²) in [6, 6.07) is 0.151. The number of nitrogens with zero attached hydrogens (tertiary/aromatic N) is 4. The first-order valence-corrected chi connectivity index (χ1v) is 6.40. The molecule has 0 bridgehead atoms. The maximum Gasteiger partial charge on any atom is 0.410 e. The van der Waals surface area contributed by atoms with Gasteiger partial charge in [-0.2, -0.15) is 18.3 Å². The summed E-state index contributed by atoms with van der Waals surface area (Å²) in [5, 5.41) is 4.59. The summed E-state index contributed by atoms with van der Waals surface area (Å²) >= 11 is 0. The zero-order valence-electron chi connectivity index (χ0n) is 11.1. The fraction of sp³-hybridized carbons (Fsp3) is 0.308. The smallest absolute Gasteiger partial charge is 0.346 e. The van der Waals surface area contributed by atoms with Crippen LogP contribution >= 0.6 is 0 Å². The molecule has 0 aliphatic rings. The van der Waals surface area contributed by atoms with Crippen molar-refractivity contribution in [1.82, 2.24) is 24.7 Å². The summed E-state index contributed by atoms with van der Waals surface area (Å²) in [6.07, 6.45) is 1.44. The van der Waals surface area contributed by atoms with Gasteiger partial charge in [-0.15, -0.1) is 0 Å². The van der Waals surface area contributed by atoms with E-state index in [1.165, 1.54) is 25.6 Å². The highest BCUT2D eigenvalue weighted by atomic mass is 19.4. The van der Waals surface area contributed by atoms with Crippen LogP contribution in [0.3, 0.4) is 0 Å². The molecule has 3 rings (SSSR count). The molecule has 0 aliphatic heterocycles. The molecule has 3 aromatic rings. The summed E-state index contributed by atoms with van der Waals surface area (Å²) < 4.78 is 39.7. The topological polar surface area (TPSA) is 59.4 Å². The largest absolute Gasteiger partial charge is 0.410 e. The van der Waals surface area contributed by atoms with Crippen LogP contribution < -0.4 is 0 Å². The van der Waals surface area contributed by atoms with Gasteiger partial charge in [-0.1, -0.05) is 6.92 Å². The summed E-state index contributed by atoms with van der Waals surface area (Å²) in [5.74, 6) is 0. The quantitative estimate of drug-likeness (QED) is 0.806. The van der Waals surface area contributed by atoms with E-state index in [0.29, 0.717) is 16.9 Å². The molecule has 0 fully saturated rings. The van der Waals surface area contributed by atoms with Crippen LogP contribution in [0.15, 0.2) is 31.0 Å². The lowest BCUT2D eigenvalue weighted by atomic mass is 10.2. The number of fused-ring (bicyclic) bond motifs is 1. The van der Waals surface area contributed by atoms with Crippen molar-refractivity contribution >= 4 is 11.0 Å². The zero-order valence-corrected chi connectivity index (χ0v) is 11.1. The highest BCUT2D eigenvalue weighted by molar-refractivity contribution is 5.89. The summed E-state index contributed by atoms with van der Waals surface area (Å²) in [7, 11) is 0. The second-order valence-corrected chi connectivity index (χ2v) is 4.64. The highest BCUT2D eigenvalue weighted by Crippen LogP contribution is 2.34. The Morgan fingerprint density at radius 2 is 2.14 bits per heavy atom. The Morgan fingerprint density at radius 1 is 1.33 bits per heavy atom. The summed E-state index contributed by atoms with van der Waals surface area (Å²) in [6.45, 7) is 1.48. The molecular formula is C13H12F3N5. The molecule has 21 heavy (non-hydrogen) atoms. The summed E-state index contributed by atoms with van der Waals surface area (Å²) in [4.78, 5) is 11.1. The van der Waals surface area contributed by atoms with Crippen molar-refractivity contribution < 1.29 is 13.2 Å². The third kappa shape index (κ3) is 2.37. The third-order valence-electron chi connectivity index (χ3n) is 3.31. The first-order chi connectivity index (χ1) is 10.0. The lowest BCUT2D eigenvalue weighted by Gasteiger charge is -2.18. The van der Waals surface area contributed by atoms with E-state index in [2.05, 4.69) is 20.1 Å². The third-order valence-corrected chi connectivity index (χ3v) is 3.31. The molecule has 0 aliphatic carbocycles. The van der Waals surface area contributed by atoms with Gasteiger partial charge in [-0.3, -0.25) is 4.68 Å². The van der Waals surface area contributed by atoms with E-state index in [1.54, 1.807) is 12.3 Å². The maximum absolute atomic E-state index is 12.9. The van der Waals surface area contributed by atoms with E-state index < -0.39 is 12.2 Å². The molecular weight excluding hydrogens is 283 g/mol. The van der Waals surface area contributed by atoms with Crippen LogP contribution in [0.1, 0.15) is 19.4 Å². The van der Waals surface area contributed by atoms with Crippen molar-refractivity contribution in [3.8, 4) is 11.3 Å². The molecule has 0 spiro atoms. The van der Waals surface area contributed by atoms with Crippen LogP contribution in [-0.4, -0.2) is 30.9 Å². The SMILES string of the molecule is CC[C@@H](n1cc(-c2ncnc3[nH]ccc23)cn1)C(F)(F)F. The molecule has 5 nitrogen and oxygen atoms in total. The standard InChI is InChI=1S/C13H12F3N5/c1-2-10(13(14,15)16)21-6-8(5-20-21)11-9-3-4-17-12(9)19-7-18-11/h3-7,10H,2H2,1H3,(H,17,18,19)/t10-/m1/s1. The highest BCUT2D eigenvalue weighted by Gasteiger charge is 2.40. The van der Waals surface area contributed by atoms with E-state index >= 15 is 0 Å². The summed E-state index contributed by atoms with van der Waals surface area (Å²) in [5.41, 5.74) is 1.73. The van der Waals surface area contributed by atoms with Crippen molar-refractivity contribution in [3.63, 3.8) is 0 Å². The van der Waals surface area contributed by atoms with Crippen molar-refractivity contribution in [3.05, 3.63) is 31.0 Å². The van der Waals surface area contributed by atoms with E-state index in [9.17, 15) is 13.2 Å². The monoisotopic (exact) mass is 295 g/mol. The van der Waals surface area contributed by atoms with E-state index in [4.69, 9.17) is 0 Å². The number of H-pyrrole nitrogens is 1. The molecule has 3 aromatic heterocycles. The van der Waals surface area contributed by atoms with Crippen LogP contribution in [0.2, 0.25) is 0 Å². The van der Waals surface area contributed by atoms with Gasteiger partial charge in [-0.05, 0) is 12.5 Å². The minimum absolute atomic E-state index is 0.0754. The van der Waals surface area contributed by atoms with Crippen LogP contribution in [0.25, 0.3) is 22.3 Å². The van der Waals surface area contributed by atoms with Crippen molar-refractivity contribution in [2.24, 2.45) is 0 Å². The number of alkyl halides is 3. The molecule has 110 valence electrons. The fourth-order valence-electron chi connectivity index (χ4n) is 2.30. The van der Waals surface area contributed by atoms with Crippen LogP contribution in [0, 0.1) is 0 Å². The predicted octanol–water partition coefficient (Wildman–Crippen LogP) is 3.33. The molecule has 0 amide bonds. The van der Waals surface area contributed by atoms with Crippen molar-refractivity contribution in [2.75, 3.05) is 0 Å². The van der Waals surface area contributed by atoms with E-state index in [1.807, 2.05) is 0 Å². The first-order valence-electron chi connectivity index (χ1n) is 6.40. The van der Waals surface area contributed by atoms with Gasteiger partial charge in [0.25, 0.3) is 0 Å². The number of aromatic nitrogens is 5. The minimum Gasteiger partial charge on any atom is -0.346 e. The Bertz CT molecular complexity index is 758. The molecule has 1 atom stereocenters. The molecule has 0 saturated heterocycles. The molecule has 3 heterocycles. The molecule has 0 aromatic carbocycles. The lowest BCUT2D eigenvalue weighted by molar-refractivity contribution is -0.170. The predicted molar refractivity (Wildman–Crippen MR) is 70.5 cm³/mol. The average Bonchev–Trinajstić information content (AvgIpc) is 3.05. The van der Waals surface area contributed by atoms with Gasteiger partial charge in [0.2, 0.25) is 0 Å². The Morgan fingerprint density at radius 3 is 2.86 bits per heavy atom. The molecule has 1 N–H and O–H groups in total. The Labute approximate surface area is 117 Å². The van der Waals surface area contributed by atoms with Crippen molar-refractivity contribution in [2.45, 2.75) is 25.6 Å². The number of rotatable bonds is 3. The second kappa shape index (κ2) is 4.87. The van der Waals surface area contributed by atoms with Gasteiger partial charge < -0.3 is 4.98 Å². The van der Waals surface area contributed by atoms with Crippen LogP contribution in [0.4, 0.5) is 13.2 Å². The van der Waals surface area contributed by atoms with Crippen LogP contribution in [-0.2, 0) is 0 Å². The van der Waals surface area contributed by atoms with Gasteiger partial charge in [0.1, 0.15) is 18.0 Å². The van der Waals surface area contributed by atoms with Crippen molar-refractivity contribution in [1.29, 1.82) is 0 Å². The minimum atomic E-state index is -4.33. The van der Waals surface area contributed by atoms with Gasteiger partial charge >= 0.3 is 6.18 Å². The number of hydrogen-bond donors (Lipinski definition) is 1. The maximum atomic E-state index is 12.9. The van der Waals surface area contributed by atoms with Gasteiger partial charge in [0.15, 0.2) is 0 Å². The number of halogens is 3. The molecule has 0 saturated carbocycles. The number of nitrogens with one attached hydrogen (secondary N) is 1. The average molecular weight is 295 g/mol.